The number of aromatic nitrogens is 20. The van der Waals surface area contributed by atoms with Gasteiger partial charge < -0.3 is 56.9 Å². The fourth-order valence-electron chi connectivity index (χ4n) is 6.70. The minimum absolute atomic E-state index is 0.116. The fourth-order valence-corrected chi connectivity index (χ4v) is 6.70. The van der Waals surface area contributed by atoms with Gasteiger partial charge in [-0.05, 0) is 80.5 Å². The summed E-state index contributed by atoms with van der Waals surface area (Å²) >= 11 is 0. The monoisotopic (exact) mass is 1220 g/mol. The summed E-state index contributed by atoms with van der Waals surface area (Å²) in [6.07, 6.45) is 17.9. The Morgan fingerprint density at radius 3 is 1.41 bits per heavy atom. The smallest absolute Gasteiger partial charge is 0.346 e. The van der Waals surface area contributed by atoms with Gasteiger partial charge in [-0.3, -0.25) is 44.1 Å². The topological polar surface area (TPSA) is 496 Å². The molecule has 11 heterocycles. The highest BCUT2D eigenvalue weighted by Gasteiger charge is 2.12. The van der Waals surface area contributed by atoms with E-state index in [0.717, 1.165) is 16.7 Å². The van der Waals surface area contributed by atoms with E-state index in [9.17, 15) is 33.6 Å². The lowest BCUT2D eigenvalue weighted by Crippen LogP contribution is -2.22. The maximum absolute atomic E-state index is 11.4. The molecule has 88 heavy (non-hydrogen) atoms. The number of nitrogen functional groups attached to an aromatic ring is 5. The molecule has 32 nitrogen and oxygen atoms in total. The molecule has 0 aliphatic carbocycles. The lowest BCUT2D eigenvalue weighted by atomic mass is 10.4. The summed E-state index contributed by atoms with van der Waals surface area (Å²) in [5.41, 5.74) is 29.3. The summed E-state index contributed by atoms with van der Waals surface area (Å²) in [4.78, 5) is 126. The number of fused-ring (bicyclic) bond motifs is 4. The molecule has 17 N–H and O–H groups in total. The van der Waals surface area contributed by atoms with Crippen LogP contribution >= 0.6 is 0 Å². The van der Waals surface area contributed by atoms with Gasteiger partial charge in [0.25, 0.3) is 22.2 Å². The number of rotatable bonds is 4. The van der Waals surface area contributed by atoms with Crippen LogP contribution in [0.1, 0.15) is 146 Å². The van der Waals surface area contributed by atoms with E-state index in [4.69, 9.17) is 28.7 Å². The lowest BCUT2D eigenvalue weighted by Gasteiger charge is -2.07. The van der Waals surface area contributed by atoms with E-state index in [-0.39, 0.29) is 46.2 Å². The molecule has 0 fully saturated rings. The normalized spacial score (nSPS) is 10.2. The van der Waals surface area contributed by atoms with Crippen molar-refractivity contribution in [2.75, 3.05) is 28.7 Å². The third-order valence-corrected chi connectivity index (χ3v) is 10.6. The molecule has 0 spiro atoms. The molecule has 0 aliphatic rings. The van der Waals surface area contributed by atoms with Crippen molar-refractivity contribution in [3.63, 3.8) is 0 Å². The van der Waals surface area contributed by atoms with Crippen molar-refractivity contribution in [2.24, 2.45) is 0 Å². The van der Waals surface area contributed by atoms with Gasteiger partial charge in [0.15, 0.2) is 22.6 Å². The predicted octanol–water partition coefficient (Wildman–Crippen LogP) is 5.79. The highest BCUT2D eigenvalue weighted by molar-refractivity contribution is 5.86. The summed E-state index contributed by atoms with van der Waals surface area (Å²) in [5.74, 6) is 1.59. The van der Waals surface area contributed by atoms with Crippen molar-refractivity contribution in [3.8, 4) is 0 Å². The molecule has 0 aromatic carbocycles. The first-order valence-electron chi connectivity index (χ1n) is 28.1. The van der Waals surface area contributed by atoms with Crippen LogP contribution in [0.4, 0.5) is 29.4 Å². The zero-order valence-electron chi connectivity index (χ0n) is 52.5. The van der Waals surface area contributed by atoms with Crippen molar-refractivity contribution < 1.29 is 0 Å². The summed E-state index contributed by atoms with van der Waals surface area (Å²) in [7, 11) is 0. The Bertz CT molecular complexity index is 4070. The third-order valence-electron chi connectivity index (χ3n) is 10.6. The summed E-state index contributed by atoms with van der Waals surface area (Å²) in [6, 6.07) is 7.65. The van der Waals surface area contributed by atoms with E-state index in [2.05, 4.69) is 149 Å². The van der Waals surface area contributed by atoms with Crippen molar-refractivity contribution in [1.29, 1.82) is 0 Å². The van der Waals surface area contributed by atoms with Crippen LogP contribution in [0.5, 0.6) is 0 Å². The molecule has 476 valence electrons. The molecule has 0 amide bonds. The van der Waals surface area contributed by atoms with Gasteiger partial charge in [0.1, 0.15) is 41.1 Å². The minimum atomic E-state index is -0.475. The van der Waals surface area contributed by atoms with E-state index < -0.39 is 17.1 Å². The number of nitrogens with two attached hydrogens (primary N) is 5. The molecular formula is C56H85N25O7. The van der Waals surface area contributed by atoms with Crippen molar-refractivity contribution in [3.05, 3.63) is 159 Å². The molecule has 0 atom stereocenters. The van der Waals surface area contributed by atoms with E-state index in [1.165, 1.54) is 62.6 Å². The van der Waals surface area contributed by atoms with Gasteiger partial charge in [-0.2, -0.15) is 9.97 Å². The number of aromatic amines is 7. The van der Waals surface area contributed by atoms with Gasteiger partial charge in [0, 0.05) is 66.8 Å². The van der Waals surface area contributed by atoms with Gasteiger partial charge >= 0.3 is 17.1 Å². The van der Waals surface area contributed by atoms with Crippen LogP contribution in [0.2, 0.25) is 0 Å². The van der Waals surface area contributed by atoms with E-state index in [0.29, 0.717) is 62.8 Å². The first kappa shape index (κ1) is 73.3. The number of hydrogen-bond donors (Lipinski definition) is 12. The second-order valence-corrected chi connectivity index (χ2v) is 19.9. The Labute approximate surface area is 505 Å². The van der Waals surface area contributed by atoms with E-state index in [1.54, 1.807) is 30.2 Å². The van der Waals surface area contributed by atoms with Crippen molar-refractivity contribution in [1.82, 2.24) is 98.0 Å². The Balaban J connectivity index is 0.000000345. The van der Waals surface area contributed by atoms with Crippen LogP contribution in [-0.4, -0.2) is 98.0 Å². The number of aryl methyl sites for hydroxylation is 1. The predicted molar refractivity (Wildman–Crippen MR) is 348 cm³/mol. The minimum Gasteiger partial charge on any atom is -0.385 e. The molecule has 0 unspecified atom stereocenters. The Kier molecular flexibility index (Phi) is 30.6. The molecule has 0 bridgehead atoms. The first-order valence-corrected chi connectivity index (χ1v) is 28.1. The number of nitrogens with one attached hydrogen (secondary N) is 7. The van der Waals surface area contributed by atoms with Gasteiger partial charge in [-0.25, -0.2) is 49.3 Å². The Morgan fingerprint density at radius 2 is 0.932 bits per heavy atom. The van der Waals surface area contributed by atoms with Crippen LogP contribution in [0.25, 0.3) is 44.4 Å². The van der Waals surface area contributed by atoms with Gasteiger partial charge in [0.05, 0.1) is 23.4 Å². The number of nitrogens with zero attached hydrogens (tertiary/aromatic N) is 13. The largest absolute Gasteiger partial charge is 0.385 e. The van der Waals surface area contributed by atoms with Gasteiger partial charge in [-0.15, -0.1) is 0 Å². The Hall–Kier alpha value is -10.8. The van der Waals surface area contributed by atoms with Crippen LogP contribution in [0.15, 0.2) is 114 Å². The van der Waals surface area contributed by atoms with Crippen LogP contribution in [0, 0.1) is 6.92 Å². The SMILES string of the molecule is CC(C)n1ccc2c(=O)[nH]c(N)nc21.CC(C)n1ccc2c(N)ncnc21.CC(C)n1cnc2c(=O)[nH]c(N)nc21.CC(C)n1cnc2c(N)ncnc21.CCC.CCC.CCC.Cc1c[nH]c(=O)[nH]c1=O.Nc1ccnc(=O)[nH]1.O=c1cc[nH]c(=O)[nH]1. The molecule has 0 saturated heterocycles. The van der Waals surface area contributed by atoms with Crippen LogP contribution < -0.4 is 68.0 Å². The maximum Gasteiger partial charge on any atom is 0.346 e. The van der Waals surface area contributed by atoms with E-state index in [1.807, 2.05) is 60.3 Å². The zero-order valence-corrected chi connectivity index (χ0v) is 52.5. The van der Waals surface area contributed by atoms with Crippen LogP contribution in [0.3, 0.4) is 0 Å². The van der Waals surface area contributed by atoms with Crippen LogP contribution in [-0.2, 0) is 0 Å². The lowest BCUT2D eigenvalue weighted by molar-refractivity contribution is 0.612. The molecule has 32 heteroatoms. The van der Waals surface area contributed by atoms with E-state index >= 15 is 0 Å². The van der Waals surface area contributed by atoms with Crippen molar-refractivity contribution in [2.45, 2.75) is 147 Å². The number of imidazole rings is 2. The number of anilines is 5. The molecule has 11 aromatic heterocycles. The summed E-state index contributed by atoms with van der Waals surface area (Å²) < 4.78 is 7.77. The maximum atomic E-state index is 11.4. The molecule has 0 aliphatic heterocycles. The third kappa shape index (κ3) is 23.0. The molecular weight excluding hydrogens is 1130 g/mol. The second-order valence-electron chi connectivity index (χ2n) is 19.9. The summed E-state index contributed by atoms with van der Waals surface area (Å²) in [5, 5.41) is 1.50. The second kappa shape index (κ2) is 36.8. The number of hydrogen-bond acceptors (Lipinski definition) is 21. The van der Waals surface area contributed by atoms with Gasteiger partial charge in [-0.1, -0.05) is 60.8 Å². The average Bonchev–Trinajstić information content (AvgIpc) is 3.66. The zero-order chi connectivity index (χ0) is 66.4. The van der Waals surface area contributed by atoms with Gasteiger partial charge in [0.2, 0.25) is 11.9 Å². The molecule has 11 aromatic rings. The highest BCUT2D eigenvalue weighted by atomic mass is 16.2. The molecule has 11 rings (SSSR count). The standard InChI is InChI=1S/C9H12N4O.C9H12N4.C8H11N5O.C8H11N5.C5H6N2O2.C4H5N3O.C4H4N2O2.3C3H8/c1-5(2)13-4-3-6-7(13)11-9(10)12-8(6)14;1-6(2)13-4-3-7-8(10)11-5-12-9(7)13;1-4(2)13-3-10-5-6(13)11-8(9)12-7(5)14;1-5(2)13-4-12-6-7(9)10-3-11-8(6)13;1-3-2-6-5(9)7-4(3)8;5-3-1-2-6-4(8)7-3;7-3-1-2-5-4(8)6-3;3*1-3-2/h3-5H,1-2H3,(H3,10,11,12,14);3-6H,1-2H3,(H2,10,11,12);3-4H,1-2H3,(H3,9,11,12,14);3-5H,1-2H3,(H2,9,10,11);2H,1H3,(H2,6,7,8,9);1-2H,(H3,5,6,7,8);1-2H,(H2,5,6,7,8);3*3H2,1-2H3. The first-order chi connectivity index (χ1) is 41.6. The number of H-pyrrole nitrogens is 7. The summed E-state index contributed by atoms with van der Waals surface area (Å²) in [6.45, 7) is 30.8. The molecule has 0 radical (unpaired) electrons. The average molecular weight is 1220 g/mol. The Morgan fingerprint density at radius 1 is 0.455 bits per heavy atom. The molecule has 0 saturated carbocycles. The fraction of sp³-hybridized carbons (Fsp3) is 0.393. The quantitative estimate of drug-likeness (QED) is 0.0991. The highest BCUT2D eigenvalue weighted by Crippen LogP contribution is 2.21. The van der Waals surface area contributed by atoms with Crippen molar-refractivity contribution >= 4 is 73.7 Å².